The maximum atomic E-state index is 11.2. The van der Waals surface area contributed by atoms with Crippen molar-refractivity contribution in [1.29, 1.82) is 0 Å². The second kappa shape index (κ2) is 5.72. The van der Waals surface area contributed by atoms with Gasteiger partial charge in [-0.1, -0.05) is 0 Å². The summed E-state index contributed by atoms with van der Waals surface area (Å²) in [5.41, 5.74) is 6.04. The number of rotatable bonds is 4. The van der Waals surface area contributed by atoms with Crippen LogP contribution >= 0.6 is 0 Å². The third-order valence-corrected chi connectivity index (χ3v) is 1.80. The molecular formula is C10H13N3O3. The van der Waals surface area contributed by atoms with Crippen molar-refractivity contribution in [3.8, 4) is 0 Å². The van der Waals surface area contributed by atoms with E-state index in [-0.39, 0.29) is 12.8 Å². The Hall–Kier alpha value is -2.08. The van der Waals surface area contributed by atoms with E-state index in [9.17, 15) is 9.59 Å². The molecule has 16 heavy (non-hydrogen) atoms. The van der Waals surface area contributed by atoms with Gasteiger partial charge in [0.05, 0.1) is 0 Å². The number of benzene rings is 1. The predicted molar refractivity (Wildman–Crippen MR) is 59.0 cm³/mol. The Balaban J connectivity index is 2.55. The second-order valence-electron chi connectivity index (χ2n) is 3.01. The number of methoxy groups -OCH3 is 1. The van der Waals surface area contributed by atoms with E-state index in [4.69, 9.17) is 5.73 Å². The van der Waals surface area contributed by atoms with Gasteiger partial charge in [0.15, 0.2) is 0 Å². The monoisotopic (exact) mass is 223 g/mol. The lowest BCUT2D eigenvalue weighted by molar-refractivity contribution is 0.100. The molecule has 1 aromatic carbocycles. The predicted octanol–water partition coefficient (Wildman–Crippen LogP) is 0.511. The van der Waals surface area contributed by atoms with E-state index in [1.807, 2.05) is 0 Å². The average Bonchev–Trinajstić information content (AvgIpc) is 2.27. The van der Waals surface area contributed by atoms with Crippen LogP contribution in [-0.4, -0.2) is 25.8 Å². The quantitative estimate of drug-likeness (QED) is 0.649. The van der Waals surface area contributed by atoms with Crippen molar-refractivity contribution in [2.75, 3.05) is 19.2 Å². The van der Waals surface area contributed by atoms with Gasteiger partial charge >= 0.3 is 6.03 Å². The van der Waals surface area contributed by atoms with Gasteiger partial charge in [-0.3, -0.25) is 4.79 Å². The van der Waals surface area contributed by atoms with Crippen LogP contribution in [0.25, 0.3) is 0 Å². The molecule has 0 bridgehead atoms. The molecule has 4 N–H and O–H groups in total. The summed E-state index contributed by atoms with van der Waals surface area (Å²) in [6, 6.07) is 5.87. The summed E-state index contributed by atoms with van der Waals surface area (Å²) >= 11 is 0. The molecule has 0 atom stereocenters. The number of anilines is 1. The van der Waals surface area contributed by atoms with Crippen LogP contribution in [0, 0.1) is 0 Å². The molecule has 0 fully saturated rings. The lowest BCUT2D eigenvalue weighted by Crippen LogP contribution is -2.30. The molecule has 6 heteroatoms. The Kier molecular flexibility index (Phi) is 4.28. The minimum Gasteiger partial charge on any atom is -0.366 e. The van der Waals surface area contributed by atoms with Gasteiger partial charge in [0.1, 0.15) is 6.73 Å². The molecule has 86 valence electrons. The Morgan fingerprint density at radius 2 is 1.94 bits per heavy atom. The Morgan fingerprint density at radius 1 is 1.31 bits per heavy atom. The first-order valence-electron chi connectivity index (χ1n) is 4.57. The van der Waals surface area contributed by atoms with Crippen LogP contribution in [0.5, 0.6) is 0 Å². The highest BCUT2D eigenvalue weighted by molar-refractivity contribution is 5.94. The zero-order chi connectivity index (χ0) is 12.0. The van der Waals surface area contributed by atoms with Gasteiger partial charge in [0.2, 0.25) is 5.91 Å². The highest BCUT2D eigenvalue weighted by Crippen LogP contribution is 2.08. The van der Waals surface area contributed by atoms with Gasteiger partial charge in [-0.05, 0) is 24.3 Å². The van der Waals surface area contributed by atoms with Gasteiger partial charge in [0.25, 0.3) is 0 Å². The number of carbonyl (C=O) groups is 2. The minimum absolute atomic E-state index is 0.130. The van der Waals surface area contributed by atoms with E-state index in [2.05, 4.69) is 15.4 Å². The SMILES string of the molecule is COCNC(=O)Nc1ccc(C(N)=O)cc1. The largest absolute Gasteiger partial charge is 0.366 e. The molecule has 3 amide bonds. The van der Waals surface area contributed by atoms with E-state index in [1.54, 1.807) is 12.1 Å². The fraction of sp³-hybridized carbons (Fsp3) is 0.200. The summed E-state index contributed by atoms with van der Waals surface area (Å²) in [6.45, 7) is 0.130. The van der Waals surface area contributed by atoms with Gasteiger partial charge < -0.3 is 21.1 Å². The van der Waals surface area contributed by atoms with E-state index in [0.29, 0.717) is 11.3 Å². The smallest absolute Gasteiger partial charge is 0.321 e. The summed E-state index contributed by atoms with van der Waals surface area (Å²) in [7, 11) is 1.47. The first kappa shape index (κ1) is 12.0. The second-order valence-corrected chi connectivity index (χ2v) is 3.01. The van der Waals surface area contributed by atoms with Gasteiger partial charge in [0, 0.05) is 18.4 Å². The van der Waals surface area contributed by atoms with Crippen molar-refractivity contribution in [2.24, 2.45) is 5.73 Å². The lowest BCUT2D eigenvalue weighted by Gasteiger charge is -2.06. The van der Waals surface area contributed by atoms with Crippen LogP contribution < -0.4 is 16.4 Å². The van der Waals surface area contributed by atoms with Crippen molar-refractivity contribution in [2.45, 2.75) is 0 Å². The summed E-state index contributed by atoms with van der Waals surface area (Å²) in [6.07, 6.45) is 0. The molecule has 1 rings (SSSR count). The molecule has 0 saturated carbocycles. The molecule has 0 saturated heterocycles. The number of ether oxygens (including phenoxy) is 1. The first-order valence-corrected chi connectivity index (χ1v) is 4.57. The van der Waals surface area contributed by atoms with Gasteiger partial charge in [-0.15, -0.1) is 0 Å². The molecular weight excluding hydrogens is 210 g/mol. The molecule has 0 aliphatic heterocycles. The number of hydrogen-bond acceptors (Lipinski definition) is 3. The van der Waals surface area contributed by atoms with E-state index >= 15 is 0 Å². The number of nitrogens with one attached hydrogen (secondary N) is 2. The fourth-order valence-electron chi connectivity index (χ4n) is 1.03. The number of nitrogens with two attached hydrogens (primary N) is 1. The molecule has 0 aliphatic rings. The summed E-state index contributed by atoms with van der Waals surface area (Å²) < 4.78 is 4.67. The zero-order valence-corrected chi connectivity index (χ0v) is 8.82. The Bertz CT molecular complexity index is 375. The Morgan fingerprint density at radius 3 is 2.44 bits per heavy atom. The molecule has 0 aliphatic carbocycles. The van der Waals surface area contributed by atoms with E-state index < -0.39 is 5.91 Å². The number of amides is 3. The third kappa shape index (κ3) is 3.58. The highest BCUT2D eigenvalue weighted by atomic mass is 16.5. The number of urea groups is 1. The Labute approximate surface area is 92.8 Å². The first-order chi connectivity index (χ1) is 7.63. The third-order valence-electron chi connectivity index (χ3n) is 1.80. The van der Waals surface area contributed by atoms with Crippen molar-refractivity contribution < 1.29 is 14.3 Å². The molecule has 0 radical (unpaired) electrons. The standard InChI is InChI=1S/C10H13N3O3/c1-16-6-12-10(15)13-8-4-2-7(3-5-8)9(11)14/h2-5H,6H2,1H3,(H2,11,14)(H2,12,13,15). The maximum absolute atomic E-state index is 11.2. The molecule has 1 aromatic rings. The van der Waals surface area contributed by atoms with Gasteiger partial charge in [-0.2, -0.15) is 0 Å². The van der Waals surface area contributed by atoms with Crippen molar-refractivity contribution in [3.63, 3.8) is 0 Å². The topological polar surface area (TPSA) is 93.4 Å². The molecule has 6 nitrogen and oxygen atoms in total. The van der Waals surface area contributed by atoms with Crippen molar-refractivity contribution in [1.82, 2.24) is 5.32 Å². The molecule has 0 spiro atoms. The normalized spacial score (nSPS) is 9.56. The van der Waals surface area contributed by atoms with E-state index in [1.165, 1.54) is 19.2 Å². The van der Waals surface area contributed by atoms with Crippen LogP contribution in [0.3, 0.4) is 0 Å². The maximum Gasteiger partial charge on any atom is 0.321 e. The summed E-state index contributed by atoms with van der Waals surface area (Å²) in [4.78, 5) is 22.0. The number of hydrogen-bond donors (Lipinski definition) is 3. The highest BCUT2D eigenvalue weighted by Gasteiger charge is 2.02. The minimum atomic E-state index is -0.504. The van der Waals surface area contributed by atoms with Crippen LogP contribution in [0.15, 0.2) is 24.3 Å². The van der Waals surface area contributed by atoms with Crippen LogP contribution in [-0.2, 0) is 4.74 Å². The van der Waals surface area contributed by atoms with Crippen LogP contribution in [0.2, 0.25) is 0 Å². The number of carbonyl (C=O) groups excluding carboxylic acids is 2. The molecule has 0 aromatic heterocycles. The summed E-state index contributed by atoms with van der Waals surface area (Å²) in [5, 5.41) is 5.01. The summed E-state index contributed by atoms with van der Waals surface area (Å²) in [5.74, 6) is -0.504. The lowest BCUT2D eigenvalue weighted by atomic mass is 10.2. The number of primary amides is 1. The van der Waals surface area contributed by atoms with E-state index in [0.717, 1.165) is 0 Å². The molecule has 0 heterocycles. The van der Waals surface area contributed by atoms with Crippen LogP contribution in [0.1, 0.15) is 10.4 Å². The van der Waals surface area contributed by atoms with Gasteiger partial charge in [-0.25, -0.2) is 4.79 Å². The fourth-order valence-corrected chi connectivity index (χ4v) is 1.03. The zero-order valence-electron chi connectivity index (χ0n) is 8.82. The average molecular weight is 223 g/mol. The van der Waals surface area contributed by atoms with Crippen LogP contribution in [0.4, 0.5) is 10.5 Å². The molecule has 0 unspecified atom stereocenters. The van der Waals surface area contributed by atoms with Crippen molar-refractivity contribution in [3.05, 3.63) is 29.8 Å². The van der Waals surface area contributed by atoms with Crippen molar-refractivity contribution >= 4 is 17.6 Å².